The molecule has 0 fully saturated rings. The smallest absolute Gasteiger partial charge is 0.175 e. The molecule has 0 amide bonds. The van der Waals surface area contributed by atoms with Crippen molar-refractivity contribution in [3.05, 3.63) is 96.7 Å². The normalized spacial score (nSPS) is 10.5. The summed E-state index contributed by atoms with van der Waals surface area (Å²) in [7, 11) is 1.96. The third-order valence-corrected chi connectivity index (χ3v) is 5.28. The minimum Gasteiger partial charge on any atom is -0.183 e. The Morgan fingerprint density at radius 3 is 2.30 bits per heavy atom. The Labute approximate surface area is 204 Å². The number of aryl methyl sites for hydroxylation is 2. The Kier molecular flexibility index (Phi) is 6.85. The van der Waals surface area contributed by atoms with E-state index in [9.17, 15) is 0 Å². The van der Waals surface area contributed by atoms with Crippen molar-refractivity contribution in [3.8, 4) is 22.4 Å². The summed E-state index contributed by atoms with van der Waals surface area (Å²) in [4.78, 5) is 0. The number of aromatic nitrogens is 2. The van der Waals surface area contributed by atoms with E-state index in [1.165, 1.54) is 21.7 Å². The number of nitrogens with zero attached hydrogens (tertiary/aromatic N) is 2. The van der Waals surface area contributed by atoms with E-state index < -0.39 is 0 Å². The van der Waals surface area contributed by atoms with Crippen LogP contribution in [0.4, 0.5) is 0 Å². The topological polar surface area (TPSA) is 16.8 Å². The Morgan fingerprint density at radius 2 is 1.47 bits per heavy atom. The number of benzene rings is 4. The van der Waals surface area contributed by atoms with Crippen LogP contribution in [-0.2, 0) is 39.8 Å². The second-order valence-electron chi connectivity index (χ2n) is 7.09. The first-order chi connectivity index (χ1) is 13.7. The largest absolute Gasteiger partial charge is 0.183 e. The van der Waals surface area contributed by atoms with Crippen molar-refractivity contribution in [2.45, 2.75) is 6.92 Å². The molecule has 0 aliphatic rings. The van der Waals surface area contributed by atoms with Crippen LogP contribution in [0, 0.1) is 19.1 Å². The second-order valence-corrected chi connectivity index (χ2v) is 7.09. The van der Waals surface area contributed by atoms with E-state index in [1.807, 2.05) is 17.8 Å². The molecule has 4 aromatic carbocycles. The molecule has 0 N–H and O–H groups in total. The second kappa shape index (κ2) is 9.20. The molecule has 0 atom stereocenters. The van der Waals surface area contributed by atoms with E-state index >= 15 is 0 Å². The molecule has 1 heterocycles. The number of hydrogen-bond acceptors (Lipinski definition) is 1. The van der Waals surface area contributed by atoms with E-state index in [4.69, 9.17) is 0 Å². The Bertz CT molecular complexity index is 1350. The van der Waals surface area contributed by atoms with Crippen molar-refractivity contribution in [1.29, 1.82) is 0 Å². The van der Waals surface area contributed by atoms with Crippen molar-refractivity contribution in [2.75, 3.05) is 0 Å². The van der Waals surface area contributed by atoms with Crippen molar-refractivity contribution >= 4 is 30.0 Å². The van der Waals surface area contributed by atoms with E-state index in [2.05, 4.69) is 90.9 Å². The Balaban J connectivity index is 0.00000128. The van der Waals surface area contributed by atoms with Gasteiger partial charge in [-0.3, -0.25) is 0 Å². The quantitative estimate of drug-likeness (QED) is 0.156. The van der Waals surface area contributed by atoms with E-state index in [0.717, 1.165) is 27.8 Å². The summed E-state index contributed by atoms with van der Waals surface area (Å²) in [5.74, 6) is 0. The van der Waals surface area contributed by atoms with Gasteiger partial charge in [0, 0.05) is 41.1 Å². The average Bonchev–Trinajstić information content (AvgIpc) is 2.74. The molecule has 5 rings (SSSR count). The fourth-order valence-electron chi connectivity index (χ4n) is 3.75. The third-order valence-electron chi connectivity index (χ3n) is 5.28. The van der Waals surface area contributed by atoms with Gasteiger partial charge in [0.15, 0.2) is 12.7 Å². The summed E-state index contributed by atoms with van der Waals surface area (Å²) >= 11 is 0. The molecule has 1 aromatic heterocycles. The standard InChI is InChI=1S/C26H19N2.B.Y/c1-18-9-10-21(16-24(18)26-8-5-15-27-28(26)2)22-14-13-20-12-11-19-6-3-4-7-23(19)25(20)17-22;;/h3-15H,1-2H3;;/q-1;;. The van der Waals surface area contributed by atoms with Gasteiger partial charge < -0.3 is 0 Å². The van der Waals surface area contributed by atoms with Gasteiger partial charge in [0.25, 0.3) is 0 Å². The SMILES string of the molecule is Cc1ccc(-c2[c-]c3c(cc2)ccc2ccccc23)[c-]c1-c1cccn[n+]1C.[B].[Y]. The molecule has 140 valence electrons. The van der Waals surface area contributed by atoms with Gasteiger partial charge in [0.05, 0.1) is 6.20 Å². The summed E-state index contributed by atoms with van der Waals surface area (Å²) in [6, 6.07) is 32.7. The molecule has 0 saturated heterocycles. The van der Waals surface area contributed by atoms with Gasteiger partial charge in [-0.1, -0.05) is 65.0 Å². The predicted molar refractivity (Wildman–Crippen MR) is 119 cm³/mol. The van der Waals surface area contributed by atoms with Crippen LogP contribution in [0.15, 0.2) is 79.0 Å². The summed E-state index contributed by atoms with van der Waals surface area (Å²) in [6.07, 6.45) is 1.80. The van der Waals surface area contributed by atoms with E-state index in [0.29, 0.717) is 0 Å². The molecule has 0 spiro atoms. The van der Waals surface area contributed by atoms with Gasteiger partial charge in [-0.15, -0.1) is 27.8 Å². The maximum Gasteiger partial charge on any atom is 0.175 e. The van der Waals surface area contributed by atoms with Gasteiger partial charge in [-0.25, -0.2) is 0 Å². The van der Waals surface area contributed by atoms with E-state index in [1.54, 1.807) is 6.20 Å². The molecule has 30 heavy (non-hydrogen) atoms. The van der Waals surface area contributed by atoms with Gasteiger partial charge in [-0.2, -0.15) is 35.4 Å². The number of hydrogen-bond donors (Lipinski definition) is 0. The van der Waals surface area contributed by atoms with Gasteiger partial charge in [-0.05, 0) is 17.2 Å². The van der Waals surface area contributed by atoms with Crippen molar-refractivity contribution < 1.29 is 37.4 Å². The first kappa shape index (κ1) is 22.3. The molecule has 0 unspecified atom stereocenters. The Hall–Kier alpha value is -2.35. The van der Waals surface area contributed by atoms with Crippen LogP contribution >= 0.6 is 0 Å². The maximum atomic E-state index is 4.36. The zero-order chi connectivity index (χ0) is 19.1. The minimum absolute atomic E-state index is 0. The van der Waals surface area contributed by atoms with Crippen molar-refractivity contribution in [3.63, 3.8) is 0 Å². The molecule has 4 radical (unpaired) electrons. The van der Waals surface area contributed by atoms with Crippen LogP contribution in [0.5, 0.6) is 0 Å². The molecule has 0 aliphatic carbocycles. The molecule has 2 nitrogen and oxygen atoms in total. The minimum atomic E-state index is 0. The van der Waals surface area contributed by atoms with Gasteiger partial charge in [0.2, 0.25) is 0 Å². The first-order valence-corrected chi connectivity index (χ1v) is 9.39. The zero-order valence-electron chi connectivity index (χ0n) is 17.1. The zero-order valence-corrected chi connectivity index (χ0v) is 19.9. The summed E-state index contributed by atoms with van der Waals surface area (Å²) in [5.41, 5.74) is 5.39. The maximum absolute atomic E-state index is 4.36. The predicted octanol–water partition coefficient (Wildman–Crippen LogP) is 5.07. The Morgan fingerprint density at radius 1 is 0.767 bits per heavy atom. The monoisotopic (exact) mass is 459 g/mol. The van der Waals surface area contributed by atoms with Crippen LogP contribution in [0.3, 0.4) is 0 Å². The molecular weight excluding hydrogens is 440 g/mol. The van der Waals surface area contributed by atoms with Crippen LogP contribution in [0.2, 0.25) is 0 Å². The average molecular weight is 459 g/mol. The fourth-order valence-corrected chi connectivity index (χ4v) is 3.75. The number of rotatable bonds is 2. The van der Waals surface area contributed by atoms with Gasteiger partial charge >= 0.3 is 0 Å². The van der Waals surface area contributed by atoms with Crippen LogP contribution in [0.25, 0.3) is 43.9 Å². The molecule has 0 bridgehead atoms. The fraction of sp³-hybridized carbons (Fsp3) is 0.0769. The molecule has 4 heteroatoms. The summed E-state index contributed by atoms with van der Waals surface area (Å²) < 4.78 is 1.89. The summed E-state index contributed by atoms with van der Waals surface area (Å²) in [6.45, 7) is 2.11. The van der Waals surface area contributed by atoms with E-state index in [-0.39, 0.29) is 41.1 Å². The van der Waals surface area contributed by atoms with Crippen LogP contribution in [0.1, 0.15) is 5.56 Å². The van der Waals surface area contributed by atoms with Gasteiger partial charge in [0.1, 0.15) is 0 Å². The van der Waals surface area contributed by atoms with Crippen molar-refractivity contribution in [2.24, 2.45) is 7.05 Å². The number of fused-ring (bicyclic) bond motifs is 3. The summed E-state index contributed by atoms with van der Waals surface area (Å²) in [5, 5.41) is 9.18. The molecule has 5 aromatic rings. The van der Waals surface area contributed by atoms with Crippen LogP contribution < -0.4 is 4.68 Å². The van der Waals surface area contributed by atoms with Crippen molar-refractivity contribution in [1.82, 2.24) is 5.10 Å². The third kappa shape index (κ3) is 3.97. The molecule has 0 saturated carbocycles. The van der Waals surface area contributed by atoms with Crippen LogP contribution in [-0.4, -0.2) is 13.5 Å². The molecule has 0 aliphatic heterocycles. The first-order valence-electron chi connectivity index (χ1n) is 9.39. The molecular formula is C26H19BN2Y-.